The highest BCUT2D eigenvalue weighted by molar-refractivity contribution is 5.94. The predicted octanol–water partition coefficient (Wildman–Crippen LogP) is 1.90. The molecule has 1 aromatic heterocycles. The van der Waals surface area contributed by atoms with Crippen molar-refractivity contribution in [1.82, 2.24) is 9.88 Å². The summed E-state index contributed by atoms with van der Waals surface area (Å²) in [4.78, 5) is 40.2. The first-order valence-electron chi connectivity index (χ1n) is 8.06. The summed E-state index contributed by atoms with van der Waals surface area (Å²) in [5.41, 5.74) is 0.767. The zero-order chi connectivity index (χ0) is 17.1. The van der Waals surface area contributed by atoms with Crippen LogP contribution in [0.3, 0.4) is 0 Å². The molecule has 0 spiro atoms. The molecule has 0 saturated carbocycles. The number of aliphatic carboxylic acids is 1. The summed E-state index contributed by atoms with van der Waals surface area (Å²) in [5.74, 6) is -1.33. The van der Waals surface area contributed by atoms with E-state index >= 15 is 0 Å². The van der Waals surface area contributed by atoms with Crippen LogP contribution < -0.4 is 5.56 Å². The Balaban J connectivity index is 2.27. The molecule has 2 atom stereocenters. The second-order valence-corrected chi connectivity index (χ2v) is 6.68. The van der Waals surface area contributed by atoms with Gasteiger partial charge in [0.2, 0.25) is 5.56 Å². The molecular formula is C17H24N2O4. The average molecular weight is 320 g/mol. The topological polar surface area (TPSA) is 90.5 Å². The van der Waals surface area contributed by atoms with Gasteiger partial charge in [0.1, 0.15) is 0 Å². The van der Waals surface area contributed by atoms with E-state index in [1.165, 1.54) is 6.07 Å². The van der Waals surface area contributed by atoms with E-state index in [9.17, 15) is 19.5 Å². The van der Waals surface area contributed by atoms with Crippen LogP contribution in [0.2, 0.25) is 0 Å². The third-order valence-corrected chi connectivity index (χ3v) is 4.34. The van der Waals surface area contributed by atoms with E-state index < -0.39 is 11.9 Å². The summed E-state index contributed by atoms with van der Waals surface area (Å²) in [5, 5.41) is 9.27. The number of likely N-dealkylation sites (tertiary alicyclic amines) is 1. The number of carboxylic acids is 1. The number of nitrogens with one attached hydrogen (secondary N) is 1. The number of rotatable bonds is 4. The lowest BCUT2D eigenvalue weighted by molar-refractivity contribution is -0.144. The second kappa shape index (κ2) is 6.98. The van der Waals surface area contributed by atoms with Gasteiger partial charge in [-0.15, -0.1) is 0 Å². The van der Waals surface area contributed by atoms with E-state index in [0.29, 0.717) is 37.3 Å². The highest BCUT2D eigenvalue weighted by Crippen LogP contribution is 2.25. The zero-order valence-electron chi connectivity index (χ0n) is 13.8. The van der Waals surface area contributed by atoms with Gasteiger partial charge in [-0.2, -0.15) is 0 Å². The van der Waals surface area contributed by atoms with E-state index in [0.717, 1.165) is 5.69 Å². The van der Waals surface area contributed by atoms with Crippen LogP contribution in [-0.4, -0.2) is 39.5 Å². The van der Waals surface area contributed by atoms with E-state index in [-0.39, 0.29) is 17.5 Å². The van der Waals surface area contributed by atoms with Crippen LogP contribution in [0.5, 0.6) is 0 Å². The van der Waals surface area contributed by atoms with Gasteiger partial charge in [0.25, 0.3) is 5.91 Å². The van der Waals surface area contributed by atoms with E-state index in [1.807, 2.05) is 13.8 Å². The number of carbonyl (C=O) groups is 2. The molecule has 1 aromatic rings. The first-order valence-corrected chi connectivity index (χ1v) is 8.06. The molecular weight excluding hydrogens is 296 g/mol. The molecule has 6 heteroatoms. The van der Waals surface area contributed by atoms with Crippen LogP contribution in [0.4, 0.5) is 0 Å². The number of H-pyrrole nitrogens is 1. The number of piperidine rings is 1. The Morgan fingerprint density at radius 2 is 2.09 bits per heavy atom. The molecule has 1 aliphatic rings. The summed E-state index contributed by atoms with van der Waals surface area (Å²) in [6, 6.07) is 2.63. The Bertz CT molecular complexity index is 650. The number of aromatic amines is 1. The monoisotopic (exact) mass is 320 g/mol. The summed E-state index contributed by atoms with van der Waals surface area (Å²) in [6.45, 7) is 6.36. The van der Waals surface area contributed by atoms with E-state index in [1.54, 1.807) is 17.9 Å². The van der Waals surface area contributed by atoms with Crippen molar-refractivity contribution < 1.29 is 14.7 Å². The van der Waals surface area contributed by atoms with E-state index in [2.05, 4.69) is 4.98 Å². The number of hydrogen-bond acceptors (Lipinski definition) is 3. The van der Waals surface area contributed by atoms with Gasteiger partial charge < -0.3 is 15.0 Å². The Morgan fingerprint density at radius 1 is 1.39 bits per heavy atom. The van der Waals surface area contributed by atoms with Crippen molar-refractivity contribution >= 4 is 11.9 Å². The van der Waals surface area contributed by atoms with E-state index in [4.69, 9.17) is 0 Å². The molecule has 1 saturated heterocycles. The van der Waals surface area contributed by atoms with Crippen LogP contribution in [0.15, 0.2) is 16.9 Å². The summed E-state index contributed by atoms with van der Waals surface area (Å²) in [6.07, 6.45) is 1.92. The standard InChI is InChI=1S/C17H24N2O4/c1-10(2)7-13-8-12(9-15(20)18-13)16(21)19-6-4-5-14(11(19)3)17(22)23/h8-11,14H,4-7H2,1-3H3,(H,18,20)(H,22,23)/t11-,14-/m0/s1. The lowest BCUT2D eigenvalue weighted by Crippen LogP contribution is -2.49. The first kappa shape index (κ1) is 17.2. The first-order chi connectivity index (χ1) is 10.8. The predicted molar refractivity (Wildman–Crippen MR) is 86.5 cm³/mol. The Kier molecular flexibility index (Phi) is 5.23. The Labute approximate surface area is 135 Å². The van der Waals surface area contributed by atoms with Crippen LogP contribution in [0, 0.1) is 11.8 Å². The van der Waals surface area contributed by atoms with Gasteiger partial charge in [-0.25, -0.2) is 0 Å². The fourth-order valence-corrected chi connectivity index (χ4v) is 3.20. The fraction of sp³-hybridized carbons (Fsp3) is 0.588. The minimum absolute atomic E-state index is 0.264. The number of amides is 1. The van der Waals surface area contributed by atoms with Crippen molar-refractivity contribution in [3.8, 4) is 0 Å². The quantitative estimate of drug-likeness (QED) is 0.886. The minimum Gasteiger partial charge on any atom is -0.481 e. The number of carbonyl (C=O) groups excluding carboxylic acids is 1. The van der Waals surface area contributed by atoms with Crippen molar-refractivity contribution in [2.45, 2.75) is 46.1 Å². The molecule has 2 rings (SSSR count). The van der Waals surface area contributed by atoms with Crippen LogP contribution in [0.1, 0.15) is 49.7 Å². The van der Waals surface area contributed by atoms with Crippen LogP contribution in [-0.2, 0) is 11.2 Å². The maximum absolute atomic E-state index is 12.7. The lowest BCUT2D eigenvalue weighted by Gasteiger charge is -2.37. The molecule has 6 nitrogen and oxygen atoms in total. The molecule has 1 amide bonds. The van der Waals surface area contributed by atoms with Gasteiger partial charge in [0.15, 0.2) is 0 Å². The molecule has 126 valence electrons. The van der Waals surface area contributed by atoms with Crippen LogP contribution in [0.25, 0.3) is 0 Å². The largest absolute Gasteiger partial charge is 0.481 e. The number of hydrogen-bond donors (Lipinski definition) is 2. The fourth-order valence-electron chi connectivity index (χ4n) is 3.20. The van der Waals surface area contributed by atoms with Crippen molar-refractivity contribution in [2.24, 2.45) is 11.8 Å². The maximum Gasteiger partial charge on any atom is 0.308 e. The molecule has 1 aliphatic heterocycles. The SMILES string of the molecule is CC(C)Cc1cc(C(=O)N2CCC[C@H](C(=O)O)[C@@H]2C)cc(=O)[nH]1. The zero-order valence-corrected chi connectivity index (χ0v) is 13.8. The molecule has 0 unspecified atom stereocenters. The molecule has 0 radical (unpaired) electrons. The van der Waals surface area contributed by atoms with Gasteiger partial charge in [0.05, 0.1) is 5.92 Å². The number of nitrogens with zero attached hydrogens (tertiary/aromatic N) is 1. The summed E-state index contributed by atoms with van der Waals surface area (Å²) >= 11 is 0. The van der Waals surface area contributed by atoms with Crippen molar-refractivity contribution in [3.63, 3.8) is 0 Å². The highest BCUT2D eigenvalue weighted by atomic mass is 16.4. The Morgan fingerprint density at radius 3 is 2.70 bits per heavy atom. The molecule has 2 N–H and O–H groups in total. The normalized spacial score (nSPS) is 21.5. The smallest absolute Gasteiger partial charge is 0.308 e. The van der Waals surface area contributed by atoms with Gasteiger partial charge in [-0.1, -0.05) is 13.8 Å². The van der Waals surface area contributed by atoms with Gasteiger partial charge >= 0.3 is 5.97 Å². The molecule has 23 heavy (non-hydrogen) atoms. The molecule has 0 aromatic carbocycles. The molecule has 0 aliphatic carbocycles. The second-order valence-electron chi connectivity index (χ2n) is 6.68. The van der Waals surface area contributed by atoms with Crippen molar-refractivity contribution in [1.29, 1.82) is 0 Å². The third-order valence-electron chi connectivity index (χ3n) is 4.34. The summed E-state index contributed by atoms with van der Waals surface area (Å²) in [7, 11) is 0. The highest BCUT2D eigenvalue weighted by Gasteiger charge is 2.35. The van der Waals surface area contributed by atoms with Crippen LogP contribution >= 0.6 is 0 Å². The molecule has 0 bridgehead atoms. The number of pyridine rings is 1. The third kappa shape index (κ3) is 4.00. The minimum atomic E-state index is -0.874. The van der Waals surface area contributed by atoms with Gasteiger partial charge in [-0.05, 0) is 38.2 Å². The van der Waals surface area contributed by atoms with Crippen molar-refractivity contribution in [3.05, 3.63) is 33.7 Å². The Hall–Kier alpha value is -2.11. The van der Waals surface area contributed by atoms with Crippen molar-refractivity contribution in [2.75, 3.05) is 6.54 Å². The summed E-state index contributed by atoms with van der Waals surface area (Å²) < 4.78 is 0. The van der Waals surface area contributed by atoms with Gasteiger partial charge in [0, 0.05) is 29.9 Å². The number of carboxylic acid groups (broad SMARTS) is 1. The molecule has 2 heterocycles. The average Bonchev–Trinajstić information content (AvgIpc) is 2.45. The molecule has 1 fully saturated rings. The lowest BCUT2D eigenvalue weighted by atomic mass is 9.90. The van der Waals surface area contributed by atoms with Gasteiger partial charge in [-0.3, -0.25) is 14.4 Å². The number of aromatic nitrogens is 1. The maximum atomic E-state index is 12.7.